The van der Waals surface area contributed by atoms with E-state index in [9.17, 15) is 0 Å². The maximum absolute atomic E-state index is 2.63. The van der Waals surface area contributed by atoms with Crippen molar-refractivity contribution in [3.05, 3.63) is 196 Å². The number of hydrogen-bond donors (Lipinski definition) is 0. The van der Waals surface area contributed by atoms with Crippen molar-refractivity contribution in [2.75, 3.05) is 0 Å². The molecule has 2 heterocycles. The molecule has 2 atom stereocenters. The quantitative estimate of drug-likeness (QED) is 0.169. The molecule has 4 aliphatic carbocycles. The van der Waals surface area contributed by atoms with Crippen LogP contribution < -0.4 is 10.4 Å². The molecule has 2 nitrogen and oxygen atoms in total. The molecule has 282 valence electrons. The lowest BCUT2D eigenvalue weighted by Gasteiger charge is -2.32. The maximum atomic E-state index is 2.63. The third-order valence-corrected chi connectivity index (χ3v) is 14.3. The summed E-state index contributed by atoms with van der Waals surface area (Å²) in [5.74, 6) is 0.434. The van der Waals surface area contributed by atoms with Crippen molar-refractivity contribution in [2.24, 2.45) is 0 Å². The number of aromatic nitrogens is 2. The van der Waals surface area contributed by atoms with E-state index in [4.69, 9.17) is 0 Å². The van der Waals surface area contributed by atoms with E-state index < -0.39 is 0 Å². The molecule has 0 saturated heterocycles. The topological polar surface area (TPSA) is 9.86 Å². The minimum Gasteiger partial charge on any atom is -0.340 e. The van der Waals surface area contributed by atoms with Crippen LogP contribution >= 0.6 is 0 Å². The molecule has 0 spiro atoms. The second kappa shape index (κ2) is 12.7. The lowest BCUT2D eigenvalue weighted by molar-refractivity contribution is 0.655. The van der Waals surface area contributed by atoms with Gasteiger partial charge in [-0.3, -0.25) is 0 Å². The monoisotopic (exact) mass is 756 g/mol. The van der Waals surface area contributed by atoms with Crippen LogP contribution in [0.3, 0.4) is 0 Å². The Balaban J connectivity index is 1.06. The molecule has 13 rings (SSSR count). The molecular formula is C57H44N2. The highest BCUT2D eigenvalue weighted by Gasteiger charge is 2.30. The zero-order valence-corrected chi connectivity index (χ0v) is 33.4. The lowest BCUT2D eigenvalue weighted by atomic mass is 9.74. The highest BCUT2D eigenvalue weighted by Crippen LogP contribution is 2.47. The molecule has 0 bridgehead atoms. The smallest absolute Gasteiger partial charge is 0.0628 e. The summed E-state index contributed by atoms with van der Waals surface area (Å²) >= 11 is 0. The molecule has 2 aromatic heterocycles. The molecule has 0 fully saturated rings. The third-order valence-electron chi connectivity index (χ3n) is 14.3. The van der Waals surface area contributed by atoms with Crippen LogP contribution in [-0.2, 0) is 12.8 Å². The zero-order chi connectivity index (χ0) is 38.8. The number of allylic oxidation sites excluding steroid dienone is 4. The minimum absolute atomic E-state index is 0.242. The van der Waals surface area contributed by atoms with Gasteiger partial charge in [-0.25, -0.2) is 0 Å². The fraction of sp³-hybridized carbons (Fsp3) is 0.158. The number of rotatable bonds is 4. The Kier molecular flexibility index (Phi) is 7.17. The predicted molar refractivity (Wildman–Crippen MR) is 248 cm³/mol. The first-order valence-corrected chi connectivity index (χ1v) is 21.6. The molecule has 7 aromatic carbocycles. The molecule has 1 unspecified atom stereocenters. The lowest BCUT2D eigenvalue weighted by Crippen LogP contribution is -2.35. The Bertz CT molecular complexity index is 3460. The zero-order valence-electron chi connectivity index (χ0n) is 33.4. The van der Waals surface area contributed by atoms with Crippen molar-refractivity contribution in [1.29, 1.82) is 0 Å². The second-order valence-electron chi connectivity index (χ2n) is 17.5. The van der Waals surface area contributed by atoms with E-state index in [-0.39, 0.29) is 6.04 Å². The SMILES string of the molecule is Cc1cc(-c2ccccc2)cc(-c2ccc3c(c2)c2ccn(C4C=c5ccc6cccc7c6c5=C(CC7)C4)c2c2ccn(C4=C5CCc6ccccc6[C@@H]5CC=C4)c32)c1. The van der Waals surface area contributed by atoms with Crippen LogP contribution in [0.1, 0.15) is 59.9 Å². The molecular weight excluding hydrogens is 713 g/mol. The van der Waals surface area contributed by atoms with E-state index in [1.807, 2.05) is 0 Å². The normalized spacial score (nSPS) is 18.2. The molecule has 0 amide bonds. The van der Waals surface area contributed by atoms with E-state index in [1.165, 1.54) is 104 Å². The van der Waals surface area contributed by atoms with Gasteiger partial charge in [0.25, 0.3) is 0 Å². The van der Waals surface area contributed by atoms with Crippen molar-refractivity contribution in [3.8, 4) is 22.3 Å². The summed E-state index contributed by atoms with van der Waals surface area (Å²) < 4.78 is 5.19. The molecule has 0 saturated carbocycles. The van der Waals surface area contributed by atoms with Crippen molar-refractivity contribution in [1.82, 2.24) is 9.13 Å². The van der Waals surface area contributed by atoms with Gasteiger partial charge >= 0.3 is 0 Å². The highest BCUT2D eigenvalue weighted by atomic mass is 15.0. The van der Waals surface area contributed by atoms with Gasteiger partial charge in [0.05, 0.1) is 17.1 Å². The van der Waals surface area contributed by atoms with Gasteiger partial charge < -0.3 is 9.13 Å². The fourth-order valence-electron chi connectivity index (χ4n) is 11.7. The van der Waals surface area contributed by atoms with Crippen molar-refractivity contribution in [2.45, 2.75) is 57.4 Å². The Labute approximate surface area is 344 Å². The van der Waals surface area contributed by atoms with Crippen molar-refractivity contribution < 1.29 is 0 Å². The molecule has 59 heavy (non-hydrogen) atoms. The molecule has 0 N–H and O–H groups in total. The summed E-state index contributed by atoms with van der Waals surface area (Å²) in [4.78, 5) is 0. The van der Waals surface area contributed by atoms with Crippen LogP contribution in [0.5, 0.6) is 0 Å². The number of aryl methyl sites for hydroxylation is 3. The van der Waals surface area contributed by atoms with E-state index in [0.717, 1.165) is 38.5 Å². The number of benzene rings is 7. The van der Waals surface area contributed by atoms with E-state index in [1.54, 1.807) is 11.1 Å². The molecule has 9 aromatic rings. The largest absolute Gasteiger partial charge is 0.340 e. The molecule has 0 radical (unpaired) electrons. The summed E-state index contributed by atoms with van der Waals surface area (Å²) in [6.07, 6.45) is 18.8. The highest BCUT2D eigenvalue weighted by molar-refractivity contribution is 6.25. The summed E-state index contributed by atoms with van der Waals surface area (Å²) in [6.45, 7) is 2.22. The maximum Gasteiger partial charge on any atom is 0.0628 e. The van der Waals surface area contributed by atoms with Crippen LogP contribution in [0.4, 0.5) is 0 Å². The van der Waals surface area contributed by atoms with Crippen LogP contribution in [0.15, 0.2) is 164 Å². The van der Waals surface area contributed by atoms with Crippen LogP contribution in [0.25, 0.3) is 83.0 Å². The van der Waals surface area contributed by atoms with Gasteiger partial charge in [-0.1, -0.05) is 127 Å². The van der Waals surface area contributed by atoms with Crippen molar-refractivity contribution >= 4 is 60.7 Å². The Morgan fingerprint density at radius 2 is 1.39 bits per heavy atom. The molecule has 0 aliphatic heterocycles. The number of hydrogen-bond acceptors (Lipinski definition) is 0. The van der Waals surface area contributed by atoms with Crippen molar-refractivity contribution in [3.63, 3.8) is 0 Å². The molecule has 2 heteroatoms. The van der Waals surface area contributed by atoms with E-state index in [2.05, 4.69) is 180 Å². The second-order valence-corrected chi connectivity index (χ2v) is 17.5. The first-order chi connectivity index (χ1) is 29.1. The Morgan fingerprint density at radius 3 is 2.32 bits per heavy atom. The summed E-state index contributed by atoms with van der Waals surface area (Å²) in [5, 5.41) is 11.1. The van der Waals surface area contributed by atoms with Gasteiger partial charge in [0.1, 0.15) is 0 Å². The Morgan fingerprint density at radius 1 is 0.576 bits per heavy atom. The molecule has 4 aliphatic rings. The van der Waals surface area contributed by atoms with Crippen LogP contribution in [-0.4, -0.2) is 9.13 Å². The van der Waals surface area contributed by atoms with Gasteiger partial charge in [0.2, 0.25) is 0 Å². The summed E-state index contributed by atoms with van der Waals surface area (Å²) in [6, 6.07) is 50.9. The average Bonchev–Trinajstić information content (AvgIpc) is 3.94. The van der Waals surface area contributed by atoms with E-state index >= 15 is 0 Å². The predicted octanol–water partition coefficient (Wildman–Crippen LogP) is 13.0. The summed E-state index contributed by atoms with van der Waals surface area (Å²) in [7, 11) is 0. The number of fused-ring (bicyclic) bond motifs is 9. The first-order valence-electron chi connectivity index (χ1n) is 21.6. The average molecular weight is 757 g/mol. The van der Waals surface area contributed by atoms with Gasteiger partial charge in [-0.2, -0.15) is 0 Å². The third kappa shape index (κ3) is 4.99. The van der Waals surface area contributed by atoms with Crippen LogP contribution in [0.2, 0.25) is 0 Å². The van der Waals surface area contributed by atoms with Gasteiger partial charge in [0, 0.05) is 40.2 Å². The van der Waals surface area contributed by atoms with Gasteiger partial charge in [0.15, 0.2) is 0 Å². The fourth-order valence-corrected chi connectivity index (χ4v) is 11.7. The van der Waals surface area contributed by atoms with Crippen LogP contribution in [0, 0.1) is 6.92 Å². The standard InChI is InChI=1S/C57H44N2/c1-35-29-43(36-9-3-2-4-10-36)31-44(30-35)40-22-24-49-52(34-40)50-25-27-58(45-32-41-19-17-38-12-7-13-39-18-20-42(33-45)55(41)54(38)39)56(50)51-26-28-59(57(49)51)53-16-8-15-47-46-14-6-5-11-37(46)21-23-48(47)53/h2-14,16-17,19,22,24-32,34,45,47H,15,18,20-21,23,33H2,1H3/t45?,47-/m0/s1. The van der Waals surface area contributed by atoms with Gasteiger partial charge in [-0.15, -0.1) is 0 Å². The number of nitrogens with zero attached hydrogens (tertiary/aromatic N) is 2. The Hall–Kier alpha value is -6.64. The summed E-state index contributed by atoms with van der Waals surface area (Å²) in [5.41, 5.74) is 18.1. The van der Waals surface area contributed by atoms with E-state index in [0.29, 0.717) is 5.92 Å². The minimum atomic E-state index is 0.242. The first kappa shape index (κ1) is 33.3. The van der Waals surface area contributed by atoms with Gasteiger partial charge in [-0.05, 0) is 152 Å².